The molecule has 4 heterocycles. The van der Waals surface area contributed by atoms with Crippen molar-refractivity contribution in [3.8, 4) is 17.6 Å². The number of aromatic amines is 1. The van der Waals surface area contributed by atoms with Crippen LogP contribution in [0.15, 0.2) is 93.1 Å². The molecule has 2 unspecified atom stereocenters. The van der Waals surface area contributed by atoms with Crippen LogP contribution >= 0.6 is 6.49 Å². The Morgan fingerprint density at radius 1 is 1.06 bits per heavy atom. The number of aliphatic hydroxyl groups excluding tert-OH is 1. The second-order valence-corrected chi connectivity index (χ2v) is 30.2. The van der Waals surface area contributed by atoms with Gasteiger partial charge in [0.15, 0.2) is 12.2 Å². The maximum Gasteiger partial charge on any atom is 0.330 e. The van der Waals surface area contributed by atoms with Gasteiger partial charge in [-0.2, -0.15) is 13.0 Å². The molecule has 0 spiro atoms. The minimum atomic E-state index is -4.45. The van der Waals surface area contributed by atoms with Crippen LogP contribution in [0.25, 0.3) is 0 Å². The summed E-state index contributed by atoms with van der Waals surface area (Å²) in [5.41, 5.74) is 4.17. The first-order chi connectivity index (χ1) is 39.1. The number of amides is 1. The molecule has 1 saturated heterocycles. The minimum Gasteiger partial charge on any atom is -0.495 e. The largest absolute Gasteiger partial charge is 0.495 e. The quantitative estimate of drug-likeness (QED) is 0.00989. The molecular weight excluding hydrogens is 1140 g/mol. The number of nitrogens with one attached hydrogen (secondary N) is 2. The predicted molar refractivity (Wildman–Crippen MR) is 327 cm³/mol. The maximum absolute atomic E-state index is 13.2. The third kappa shape index (κ3) is 14.2. The molecule has 4 aromatic rings. The summed E-state index contributed by atoms with van der Waals surface area (Å²) in [6.45, 7) is 20.9. The summed E-state index contributed by atoms with van der Waals surface area (Å²) < 4.78 is 61.5. The number of anilines is 1. The van der Waals surface area contributed by atoms with Gasteiger partial charge in [-0.05, 0) is 93.7 Å². The van der Waals surface area contributed by atoms with Crippen molar-refractivity contribution in [2.75, 3.05) is 38.3 Å². The lowest BCUT2D eigenvalue weighted by atomic mass is 9.81. The Morgan fingerprint density at radius 3 is 2.42 bits per heavy atom. The standard InChI is InChI=1S/C61H79N6O14PS2/c1-14-64-45-26-24-38(2)30-43(45)60(9,10)51(64)21-18-22-52-61(11,12)44-32-41(84(75,76)77)25-27-46(44)65(52)29-17-15-16-23-53(69)62-28-19-20-39-31-47(67(72)73)42(33-49(39)78-13)55(58(3,4)5)79-36-40-35-66(57(71)63-56(40)70)54-34-48(68)50(81-54)37-80-82(74,83)59(6,7)8/h18,21-22,24-27,30-33,35,48,50,54-55,68H,14-17,23,28-29,34,36-37H2,1-13H3,(H3-,62,63,69,70,71,74,75,76,77,83)/p+1/t48?,50-,54-,55-,82?/m1/s1. The highest BCUT2D eigenvalue weighted by Gasteiger charge is 2.46. The second kappa shape index (κ2) is 25.5. The van der Waals surface area contributed by atoms with Gasteiger partial charge in [-0.15, -0.1) is 0 Å². The van der Waals surface area contributed by atoms with E-state index in [9.17, 15) is 47.5 Å². The maximum atomic E-state index is 13.2. The number of aliphatic hydroxyl groups is 1. The van der Waals surface area contributed by atoms with Crippen LogP contribution < -0.4 is 26.2 Å². The van der Waals surface area contributed by atoms with Gasteiger partial charge in [0.25, 0.3) is 21.4 Å². The topological polar surface area (TPSA) is 265 Å². The van der Waals surface area contributed by atoms with Crippen LogP contribution in [0, 0.1) is 34.3 Å². The summed E-state index contributed by atoms with van der Waals surface area (Å²) in [5.74, 6) is 5.75. The van der Waals surface area contributed by atoms with Crippen LogP contribution in [-0.2, 0) is 58.2 Å². The van der Waals surface area contributed by atoms with E-state index in [4.69, 9.17) is 30.5 Å². The number of hydrogen-bond donors (Lipinski definition) is 5. The number of carbonyl (C=O) groups excluding carboxylic acids is 1. The molecule has 23 heteroatoms. The zero-order valence-corrected chi connectivity index (χ0v) is 52.7. The van der Waals surface area contributed by atoms with Gasteiger partial charge in [0.1, 0.15) is 24.6 Å². The average molecular weight is 1220 g/mol. The van der Waals surface area contributed by atoms with Gasteiger partial charge >= 0.3 is 5.69 Å². The number of methoxy groups -OCH3 is 1. The van der Waals surface area contributed by atoms with Crippen LogP contribution in [0.4, 0.5) is 17.1 Å². The normalized spacial score (nSPS) is 19.9. The Bertz CT molecular complexity index is 3650. The number of rotatable bonds is 21. The van der Waals surface area contributed by atoms with E-state index in [0.29, 0.717) is 25.8 Å². The number of fused-ring (bicyclic) bond motifs is 2. The molecule has 84 heavy (non-hydrogen) atoms. The fraction of sp³-hybridized carbons (Fsp3) is 0.508. The summed E-state index contributed by atoms with van der Waals surface area (Å²) in [5, 5.41) is 25.6. The number of benzene rings is 3. The average Bonchev–Trinajstić information content (AvgIpc) is 3.38. The number of aromatic nitrogens is 2. The van der Waals surface area contributed by atoms with Crippen LogP contribution in [-0.4, -0.2) is 104 Å². The Balaban J connectivity index is 0.994. The van der Waals surface area contributed by atoms with Gasteiger partial charge in [-0.1, -0.05) is 91.0 Å². The fourth-order valence-corrected chi connectivity index (χ4v) is 12.4. The van der Waals surface area contributed by atoms with E-state index in [0.717, 1.165) is 28.1 Å². The zero-order valence-electron chi connectivity index (χ0n) is 50.2. The number of H-pyrrole nitrogens is 1. The first kappa shape index (κ1) is 65.4. The van der Waals surface area contributed by atoms with Crippen LogP contribution in [0.5, 0.6) is 5.75 Å². The molecule has 0 saturated carbocycles. The zero-order chi connectivity index (χ0) is 62.1. The number of carbonyl (C=O) groups is 1. The van der Waals surface area contributed by atoms with Crippen molar-refractivity contribution in [3.63, 3.8) is 0 Å². The van der Waals surface area contributed by atoms with Crippen LogP contribution in [0.3, 0.4) is 0 Å². The third-order valence-electron chi connectivity index (χ3n) is 15.8. The van der Waals surface area contributed by atoms with Crippen molar-refractivity contribution in [1.29, 1.82) is 0 Å². The number of allylic oxidation sites excluding steroid dienone is 4. The van der Waals surface area contributed by atoms with Crippen molar-refractivity contribution < 1.29 is 56.0 Å². The van der Waals surface area contributed by atoms with Crippen LogP contribution in [0.2, 0.25) is 0 Å². The summed E-state index contributed by atoms with van der Waals surface area (Å²) in [4.78, 5) is 66.6. The summed E-state index contributed by atoms with van der Waals surface area (Å²) >= 11 is 5.31. The molecular formula is C61H80N6O14PS2+. The molecule has 1 fully saturated rings. The van der Waals surface area contributed by atoms with E-state index in [1.807, 2.05) is 13.8 Å². The second-order valence-electron chi connectivity index (χ2n) is 24.7. The highest BCUT2D eigenvalue weighted by molar-refractivity contribution is 8.10. The van der Waals surface area contributed by atoms with E-state index in [2.05, 4.69) is 95.7 Å². The number of unbranched alkanes of at least 4 members (excludes halogenated alkanes) is 2. The van der Waals surface area contributed by atoms with Crippen molar-refractivity contribution in [3.05, 3.63) is 143 Å². The molecule has 454 valence electrons. The Kier molecular flexibility index (Phi) is 19.8. The number of likely N-dealkylation sites (N-methyl/N-ethyl adjacent to an activating group) is 1. The van der Waals surface area contributed by atoms with Gasteiger partial charge in [0.2, 0.25) is 11.6 Å². The highest BCUT2D eigenvalue weighted by Crippen LogP contribution is 2.56. The van der Waals surface area contributed by atoms with E-state index < -0.39 is 79.9 Å². The first-order valence-corrected chi connectivity index (χ1v) is 32.2. The van der Waals surface area contributed by atoms with E-state index >= 15 is 0 Å². The molecule has 5 N–H and O–H groups in total. The molecule has 5 atom stereocenters. The molecule has 0 bridgehead atoms. The van der Waals surface area contributed by atoms with E-state index in [1.165, 1.54) is 54.0 Å². The Hall–Kier alpha value is -6.12. The van der Waals surface area contributed by atoms with Crippen LogP contribution in [0.1, 0.15) is 154 Å². The number of ether oxygens (including phenoxy) is 3. The van der Waals surface area contributed by atoms with Crippen molar-refractivity contribution in [1.82, 2.24) is 14.9 Å². The number of aryl methyl sites for hydroxylation is 1. The first-order valence-electron chi connectivity index (χ1n) is 28.1. The van der Waals surface area contributed by atoms with Gasteiger partial charge < -0.3 is 39.0 Å². The molecule has 7 rings (SSSR count). The van der Waals surface area contributed by atoms with Crippen molar-refractivity contribution in [2.24, 2.45) is 5.41 Å². The van der Waals surface area contributed by atoms with E-state index in [1.54, 1.807) is 53.7 Å². The van der Waals surface area contributed by atoms with Gasteiger partial charge in [0, 0.05) is 77.7 Å². The summed E-state index contributed by atoms with van der Waals surface area (Å²) in [7, 11) is -3.06. The van der Waals surface area contributed by atoms with Crippen molar-refractivity contribution >= 4 is 57.1 Å². The number of nitro benzene ring substituents is 1. The van der Waals surface area contributed by atoms with Crippen molar-refractivity contribution in [2.45, 2.75) is 167 Å². The molecule has 1 aromatic heterocycles. The molecule has 20 nitrogen and oxygen atoms in total. The third-order valence-corrected chi connectivity index (χ3v) is 20.8. The number of hydrogen-bond acceptors (Lipinski definition) is 14. The summed E-state index contributed by atoms with van der Waals surface area (Å²) in [6, 6.07) is 14.0. The fourth-order valence-electron chi connectivity index (χ4n) is 11.0. The predicted octanol–water partition coefficient (Wildman–Crippen LogP) is 9.44. The molecule has 3 aliphatic rings. The van der Waals surface area contributed by atoms with E-state index in [-0.39, 0.29) is 70.3 Å². The monoisotopic (exact) mass is 1220 g/mol. The molecule has 0 aliphatic carbocycles. The highest BCUT2D eigenvalue weighted by atomic mass is 32.5. The smallest absolute Gasteiger partial charge is 0.330 e. The lowest BCUT2D eigenvalue weighted by Crippen LogP contribution is -2.35. The Labute approximate surface area is 497 Å². The molecule has 0 radical (unpaired) electrons. The lowest BCUT2D eigenvalue weighted by Gasteiger charge is -2.31. The molecule has 3 aliphatic heterocycles. The minimum absolute atomic E-state index is 0.00259. The molecule has 1 amide bonds. The number of nitrogens with zero attached hydrogens (tertiary/aromatic N) is 4. The Morgan fingerprint density at radius 2 is 1.77 bits per heavy atom. The van der Waals surface area contributed by atoms with Gasteiger partial charge in [-0.25, -0.2) is 4.79 Å². The SMILES string of the molecule is CCN1C(=CC=CC2=[N+](CCCCCC(=O)NCC#Cc3cc([N+](=O)[O-])c([C@@H](OCc4cn([C@H]5CC(O)[C@@H](COP(O)(=S)C(C)(C)C)O5)c(=O)[nH]c4=O)C(C)(C)C)cc3OC)c3ccc(S(=O)(=O)O)cc3C2(C)C)C(C)(C)c2cc(C)ccc21. The molecule has 3 aromatic carbocycles. The van der Waals surface area contributed by atoms with Gasteiger partial charge in [-0.3, -0.25) is 33.8 Å². The van der Waals surface area contributed by atoms with Gasteiger partial charge in [0.05, 0.1) is 71.0 Å². The lowest BCUT2D eigenvalue weighted by molar-refractivity contribution is -0.438. The summed E-state index contributed by atoms with van der Waals surface area (Å²) in [6.07, 6.45) is 5.66. The number of nitro groups is 1.